The molecule has 5 nitrogen and oxygen atoms in total. The van der Waals surface area contributed by atoms with E-state index in [1.165, 1.54) is 24.5 Å². The number of aromatic hydroxyl groups is 1. The molecule has 2 rings (SSSR count). The number of phenolic OH excluding ortho intramolecular Hbond substituents is 1. The molecule has 19 heavy (non-hydrogen) atoms. The van der Waals surface area contributed by atoms with Gasteiger partial charge in [0.2, 0.25) is 0 Å². The van der Waals surface area contributed by atoms with Crippen molar-refractivity contribution < 1.29 is 13.5 Å². The minimum atomic E-state index is -3.78. The van der Waals surface area contributed by atoms with Crippen LogP contribution in [-0.4, -0.2) is 18.5 Å². The van der Waals surface area contributed by atoms with Gasteiger partial charge >= 0.3 is 0 Å². The van der Waals surface area contributed by atoms with Crippen molar-refractivity contribution in [3.8, 4) is 5.75 Å². The maximum atomic E-state index is 12.2. The highest BCUT2D eigenvalue weighted by Crippen LogP contribution is 2.29. The van der Waals surface area contributed by atoms with Crippen LogP contribution in [0.15, 0.2) is 46.0 Å². The number of benzene rings is 1. The van der Waals surface area contributed by atoms with Crippen LogP contribution in [0.4, 0.5) is 5.69 Å². The molecule has 0 saturated heterocycles. The van der Waals surface area contributed by atoms with Crippen molar-refractivity contribution in [2.24, 2.45) is 0 Å². The predicted molar refractivity (Wildman–Crippen MR) is 75.6 cm³/mol. The van der Waals surface area contributed by atoms with Gasteiger partial charge in [0.15, 0.2) is 0 Å². The van der Waals surface area contributed by atoms with E-state index in [0.717, 1.165) is 0 Å². The first-order valence-electron chi connectivity index (χ1n) is 5.32. The normalized spacial score (nSPS) is 11.3. The van der Waals surface area contributed by atoms with Crippen molar-refractivity contribution >= 4 is 31.6 Å². The zero-order valence-electron chi connectivity index (χ0n) is 9.96. The maximum Gasteiger partial charge on any atom is 0.263 e. The molecule has 0 radical (unpaired) electrons. The molecule has 0 atom stereocenters. The number of phenols is 1. The molecule has 0 bridgehead atoms. The first kappa shape index (κ1) is 13.8. The Morgan fingerprint density at radius 3 is 2.68 bits per heavy atom. The number of hydrogen-bond donors (Lipinski definition) is 2. The summed E-state index contributed by atoms with van der Waals surface area (Å²) in [5, 5.41) is 9.70. The van der Waals surface area contributed by atoms with E-state index in [-0.39, 0.29) is 16.3 Å². The molecule has 2 N–H and O–H groups in total. The number of rotatable bonds is 3. The number of nitrogens with zero attached hydrogens (tertiary/aromatic N) is 1. The SMILES string of the molecule is Cc1cccc(O)c1NS(=O)(=O)c1cncc(Br)c1. The molecule has 0 fully saturated rings. The Balaban J connectivity index is 2.42. The summed E-state index contributed by atoms with van der Waals surface area (Å²) in [5.41, 5.74) is 0.800. The number of pyridine rings is 1. The van der Waals surface area contributed by atoms with Crippen molar-refractivity contribution in [3.63, 3.8) is 0 Å². The number of nitrogens with one attached hydrogen (secondary N) is 1. The average Bonchev–Trinajstić information content (AvgIpc) is 2.34. The first-order valence-corrected chi connectivity index (χ1v) is 7.60. The quantitative estimate of drug-likeness (QED) is 0.840. The molecular formula is C12H11BrN2O3S. The van der Waals surface area contributed by atoms with Crippen LogP contribution in [-0.2, 0) is 10.0 Å². The van der Waals surface area contributed by atoms with Crippen LogP contribution in [0.3, 0.4) is 0 Å². The molecule has 0 amide bonds. The Labute approximate surface area is 119 Å². The smallest absolute Gasteiger partial charge is 0.263 e. The fourth-order valence-electron chi connectivity index (χ4n) is 1.52. The Morgan fingerprint density at radius 2 is 2.05 bits per heavy atom. The van der Waals surface area contributed by atoms with Crippen LogP contribution in [0, 0.1) is 6.92 Å². The predicted octanol–water partition coefficient (Wildman–Crippen LogP) is 2.66. The summed E-state index contributed by atoms with van der Waals surface area (Å²) < 4.78 is 27.3. The molecular weight excluding hydrogens is 332 g/mol. The van der Waals surface area contributed by atoms with Gasteiger partial charge in [0, 0.05) is 16.9 Å². The number of aromatic nitrogens is 1. The number of hydrogen-bond acceptors (Lipinski definition) is 4. The van der Waals surface area contributed by atoms with Crippen molar-refractivity contribution in [2.45, 2.75) is 11.8 Å². The number of aryl methyl sites for hydroxylation is 1. The van der Waals surface area contributed by atoms with E-state index in [4.69, 9.17) is 0 Å². The van der Waals surface area contributed by atoms with Gasteiger partial charge in [-0.2, -0.15) is 0 Å². The van der Waals surface area contributed by atoms with Crippen molar-refractivity contribution in [2.75, 3.05) is 4.72 Å². The maximum absolute atomic E-state index is 12.2. The minimum Gasteiger partial charge on any atom is -0.506 e. The van der Waals surface area contributed by atoms with Crippen LogP contribution in [0.25, 0.3) is 0 Å². The molecule has 7 heteroatoms. The van der Waals surface area contributed by atoms with E-state index < -0.39 is 10.0 Å². The molecule has 0 aliphatic rings. The van der Waals surface area contributed by atoms with E-state index in [9.17, 15) is 13.5 Å². The van der Waals surface area contributed by atoms with Gasteiger partial charge in [-0.1, -0.05) is 12.1 Å². The van der Waals surface area contributed by atoms with Gasteiger partial charge in [-0.3, -0.25) is 9.71 Å². The highest BCUT2D eigenvalue weighted by Gasteiger charge is 2.18. The van der Waals surface area contributed by atoms with Crippen LogP contribution >= 0.6 is 15.9 Å². The van der Waals surface area contributed by atoms with Gasteiger partial charge in [0.1, 0.15) is 10.6 Å². The van der Waals surface area contributed by atoms with E-state index in [0.29, 0.717) is 10.0 Å². The highest BCUT2D eigenvalue weighted by molar-refractivity contribution is 9.10. The summed E-state index contributed by atoms with van der Waals surface area (Å²) in [7, 11) is -3.78. The van der Waals surface area contributed by atoms with Crippen LogP contribution < -0.4 is 4.72 Å². The fourth-order valence-corrected chi connectivity index (χ4v) is 3.17. The van der Waals surface area contributed by atoms with Gasteiger partial charge in [-0.15, -0.1) is 0 Å². The Morgan fingerprint density at radius 1 is 1.32 bits per heavy atom. The minimum absolute atomic E-state index is 0.0181. The van der Waals surface area contributed by atoms with Crippen molar-refractivity contribution in [3.05, 3.63) is 46.7 Å². The standard InChI is InChI=1S/C12H11BrN2O3S/c1-8-3-2-4-11(16)12(8)15-19(17,18)10-5-9(13)6-14-7-10/h2-7,15-16H,1H3. The van der Waals surface area contributed by atoms with Crippen LogP contribution in [0.2, 0.25) is 0 Å². The number of para-hydroxylation sites is 1. The summed E-state index contributed by atoms with van der Waals surface area (Å²) in [6, 6.07) is 6.20. The molecule has 1 aromatic heterocycles. The zero-order valence-corrected chi connectivity index (χ0v) is 12.4. The lowest BCUT2D eigenvalue weighted by atomic mass is 10.2. The first-order chi connectivity index (χ1) is 8.90. The second kappa shape index (κ2) is 5.18. The Hall–Kier alpha value is -1.60. The highest BCUT2D eigenvalue weighted by atomic mass is 79.9. The lowest BCUT2D eigenvalue weighted by molar-refractivity contribution is 0.477. The molecule has 1 heterocycles. The second-order valence-electron chi connectivity index (χ2n) is 3.91. The zero-order chi connectivity index (χ0) is 14.0. The van der Waals surface area contributed by atoms with Gasteiger partial charge in [0.05, 0.1) is 5.69 Å². The largest absolute Gasteiger partial charge is 0.506 e. The Kier molecular flexibility index (Phi) is 3.77. The number of sulfonamides is 1. The van der Waals surface area contributed by atoms with Crippen molar-refractivity contribution in [1.29, 1.82) is 0 Å². The third-order valence-corrected chi connectivity index (χ3v) is 4.23. The molecule has 100 valence electrons. The molecule has 0 aliphatic heterocycles. The molecule has 0 saturated carbocycles. The lowest BCUT2D eigenvalue weighted by Gasteiger charge is -2.11. The fraction of sp³-hybridized carbons (Fsp3) is 0.0833. The topological polar surface area (TPSA) is 79.3 Å². The van der Waals surface area contributed by atoms with Gasteiger partial charge in [-0.05, 0) is 40.5 Å². The van der Waals surface area contributed by atoms with Gasteiger partial charge in [0.25, 0.3) is 10.0 Å². The van der Waals surface area contributed by atoms with Crippen molar-refractivity contribution in [1.82, 2.24) is 4.98 Å². The van der Waals surface area contributed by atoms with E-state index >= 15 is 0 Å². The third kappa shape index (κ3) is 3.05. The summed E-state index contributed by atoms with van der Waals surface area (Å²) in [4.78, 5) is 3.83. The monoisotopic (exact) mass is 342 g/mol. The summed E-state index contributed by atoms with van der Waals surface area (Å²) in [5.74, 6) is -0.119. The number of halogens is 1. The van der Waals surface area contributed by atoms with E-state index in [1.54, 1.807) is 19.1 Å². The summed E-state index contributed by atoms with van der Waals surface area (Å²) in [6.45, 7) is 1.71. The lowest BCUT2D eigenvalue weighted by Crippen LogP contribution is -2.14. The summed E-state index contributed by atoms with van der Waals surface area (Å²) in [6.07, 6.45) is 2.73. The Bertz CT molecular complexity index is 696. The van der Waals surface area contributed by atoms with Crippen LogP contribution in [0.1, 0.15) is 5.56 Å². The average molecular weight is 343 g/mol. The molecule has 0 spiro atoms. The molecule has 0 unspecified atom stereocenters. The molecule has 0 aliphatic carbocycles. The van der Waals surface area contributed by atoms with E-state index in [2.05, 4.69) is 25.6 Å². The van der Waals surface area contributed by atoms with Crippen LogP contribution in [0.5, 0.6) is 5.75 Å². The number of anilines is 1. The summed E-state index contributed by atoms with van der Waals surface area (Å²) >= 11 is 3.16. The molecule has 1 aromatic carbocycles. The molecule has 2 aromatic rings. The van der Waals surface area contributed by atoms with Gasteiger partial charge < -0.3 is 5.11 Å². The second-order valence-corrected chi connectivity index (χ2v) is 6.51. The van der Waals surface area contributed by atoms with E-state index in [1.807, 2.05) is 0 Å². The third-order valence-electron chi connectivity index (χ3n) is 2.48. The van der Waals surface area contributed by atoms with Gasteiger partial charge in [-0.25, -0.2) is 8.42 Å².